The third-order valence-electron chi connectivity index (χ3n) is 8.18. The molecule has 0 atom stereocenters. The van der Waals surface area contributed by atoms with Crippen molar-refractivity contribution < 1.29 is 9.52 Å². The summed E-state index contributed by atoms with van der Waals surface area (Å²) in [5, 5.41) is 11.3. The molecule has 5 rings (SSSR count). The second-order valence-electron chi connectivity index (χ2n) is 15.3. The van der Waals surface area contributed by atoms with Crippen LogP contribution in [0.15, 0.2) is 76.1 Å². The first-order chi connectivity index (χ1) is 20.4. The predicted molar refractivity (Wildman–Crippen MR) is 186 cm³/mol. The number of para-hydroxylation sites is 1. The van der Waals surface area contributed by atoms with Crippen molar-refractivity contribution in [1.29, 1.82) is 0 Å². The number of aryl methyl sites for hydroxylation is 2. The lowest BCUT2D eigenvalue weighted by Crippen LogP contribution is -2.17. The Hall–Kier alpha value is -4.18. The van der Waals surface area contributed by atoms with Crippen molar-refractivity contribution >= 4 is 23.0 Å². The molecule has 1 aromatic heterocycles. The normalized spacial score (nSPS) is 12.9. The lowest BCUT2D eigenvalue weighted by molar-refractivity contribution is 0.444. The van der Waals surface area contributed by atoms with Gasteiger partial charge in [0.05, 0.1) is 11.3 Å². The first kappa shape index (κ1) is 31.3. The Morgan fingerprint density at radius 3 is 1.93 bits per heavy atom. The molecule has 0 saturated heterocycles. The summed E-state index contributed by atoms with van der Waals surface area (Å²) >= 11 is 0. The highest BCUT2D eigenvalue weighted by Gasteiger charge is 2.25. The van der Waals surface area contributed by atoms with Gasteiger partial charge in [-0.3, -0.25) is 4.99 Å². The fourth-order valence-corrected chi connectivity index (χ4v) is 5.59. The van der Waals surface area contributed by atoms with E-state index in [0.717, 1.165) is 44.6 Å². The van der Waals surface area contributed by atoms with Gasteiger partial charge >= 0.3 is 0 Å². The molecule has 0 radical (unpaired) electrons. The number of benzene rings is 4. The predicted octanol–water partition coefficient (Wildman–Crippen LogP) is 11.1. The number of rotatable bonds is 4. The smallest absolute Gasteiger partial charge is 0.229 e. The van der Waals surface area contributed by atoms with E-state index in [9.17, 15) is 5.11 Å². The number of aromatic hydroxyl groups is 1. The molecule has 5 aromatic rings. The Kier molecular flexibility index (Phi) is 7.86. The maximum absolute atomic E-state index is 11.3. The molecule has 4 aromatic carbocycles. The summed E-state index contributed by atoms with van der Waals surface area (Å²) in [4.78, 5) is 9.98. The van der Waals surface area contributed by atoms with Gasteiger partial charge in [0, 0.05) is 22.9 Å². The van der Waals surface area contributed by atoms with Crippen LogP contribution < -0.4 is 0 Å². The lowest BCUT2D eigenvalue weighted by atomic mass is 9.79. The van der Waals surface area contributed by atoms with Gasteiger partial charge in [0.25, 0.3) is 0 Å². The first-order valence-corrected chi connectivity index (χ1v) is 15.5. The molecule has 1 heterocycles. The number of aromatic nitrogens is 1. The van der Waals surface area contributed by atoms with Crippen molar-refractivity contribution in [3.05, 3.63) is 100 Å². The lowest BCUT2D eigenvalue weighted by Gasteiger charge is -2.27. The molecule has 0 aliphatic carbocycles. The average Bonchev–Trinajstić information content (AvgIpc) is 3.34. The van der Waals surface area contributed by atoms with E-state index in [2.05, 4.69) is 113 Å². The molecule has 1 N–H and O–H groups in total. The molecular formula is C40H46N2O2. The molecule has 0 saturated carbocycles. The van der Waals surface area contributed by atoms with Gasteiger partial charge in [-0.1, -0.05) is 110 Å². The van der Waals surface area contributed by atoms with Gasteiger partial charge in [0.2, 0.25) is 5.89 Å². The number of phenolic OH excluding ortho intramolecular Hbond substituents is 1. The summed E-state index contributed by atoms with van der Waals surface area (Å²) in [6.45, 7) is 23.8. The van der Waals surface area contributed by atoms with E-state index in [1.54, 1.807) is 6.21 Å². The number of nitrogens with zero attached hydrogens (tertiary/aromatic N) is 2. The highest BCUT2D eigenvalue weighted by Crippen LogP contribution is 2.40. The minimum Gasteiger partial charge on any atom is -0.507 e. The second-order valence-corrected chi connectivity index (χ2v) is 15.3. The van der Waals surface area contributed by atoms with Gasteiger partial charge in [-0.05, 0) is 77.1 Å². The van der Waals surface area contributed by atoms with Crippen LogP contribution in [0.2, 0.25) is 0 Å². The van der Waals surface area contributed by atoms with Crippen LogP contribution in [-0.4, -0.2) is 16.3 Å². The average molecular weight is 587 g/mol. The summed E-state index contributed by atoms with van der Waals surface area (Å²) in [7, 11) is 0. The summed E-state index contributed by atoms with van der Waals surface area (Å²) in [5.41, 5.74) is 11.3. The molecule has 228 valence electrons. The summed E-state index contributed by atoms with van der Waals surface area (Å²) in [6, 6.07) is 23.0. The molecule has 0 amide bonds. The number of hydrogen-bond acceptors (Lipinski definition) is 4. The van der Waals surface area contributed by atoms with E-state index in [-0.39, 0.29) is 22.0 Å². The van der Waals surface area contributed by atoms with Crippen molar-refractivity contribution in [3.63, 3.8) is 0 Å². The van der Waals surface area contributed by atoms with Crippen molar-refractivity contribution in [2.75, 3.05) is 0 Å². The SMILES string of the molecule is Cc1cc(C)cc(-c2cc(C(C)(C)C)cc3oc(-c4ccccc4N=Cc4cc(C(C)(C)C)cc(C(C)(C)C)c4O)nc23)c1. The zero-order valence-electron chi connectivity index (χ0n) is 28.2. The third kappa shape index (κ3) is 6.36. The summed E-state index contributed by atoms with van der Waals surface area (Å²) in [5.74, 6) is 0.786. The molecule has 0 bridgehead atoms. The van der Waals surface area contributed by atoms with E-state index in [4.69, 9.17) is 14.4 Å². The highest BCUT2D eigenvalue weighted by molar-refractivity contribution is 5.94. The standard InChI is InChI=1S/C40H46N2O2/c1-24-16-25(2)18-26(17-24)31-20-29(39(6,7)8)22-34-35(31)42-37(44-34)30-14-12-13-15-33(30)41-23-27-19-28(38(3,4)5)21-32(36(27)43)40(9,10)11/h12-23,43H,1-11H3. The second kappa shape index (κ2) is 11.1. The summed E-state index contributed by atoms with van der Waals surface area (Å²) in [6.07, 6.45) is 1.76. The molecule has 4 nitrogen and oxygen atoms in total. The van der Waals surface area contributed by atoms with Gasteiger partial charge < -0.3 is 9.52 Å². The van der Waals surface area contributed by atoms with Crippen LogP contribution in [-0.2, 0) is 16.2 Å². The quantitative estimate of drug-likeness (QED) is 0.213. The fourth-order valence-electron chi connectivity index (χ4n) is 5.59. The number of phenols is 1. The van der Waals surface area contributed by atoms with Crippen LogP contribution in [0.25, 0.3) is 33.7 Å². The Morgan fingerprint density at radius 2 is 1.32 bits per heavy atom. The highest BCUT2D eigenvalue weighted by atomic mass is 16.3. The zero-order valence-corrected chi connectivity index (χ0v) is 28.2. The Bertz CT molecular complexity index is 1870. The van der Waals surface area contributed by atoms with Crippen molar-refractivity contribution in [2.45, 2.75) is 92.4 Å². The molecular weight excluding hydrogens is 540 g/mol. The fraction of sp³-hybridized carbons (Fsp3) is 0.350. The summed E-state index contributed by atoms with van der Waals surface area (Å²) < 4.78 is 6.52. The minimum atomic E-state index is -0.219. The maximum atomic E-state index is 11.3. The number of oxazole rings is 1. The van der Waals surface area contributed by atoms with Gasteiger partial charge in [0.15, 0.2) is 5.58 Å². The molecule has 0 fully saturated rings. The number of aliphatic imine (C=N–C) groups is 1. The van der Waals surface area contributed by atoms with Crippen molar-refractivity contribution in [3.8, 4) is 28.3 Å². The van der Waals surface area contributed by atoms with Crippen LogP contribution in [0, 0.1) is 13.8 Å². The van der Waals surface area contributed by atoms with Crippen molar-refractivity contribution in [1.82, 2.24) is 4.98 Å². The van der Waals surface area contributed by atoms with Crippen LogP contribution >= 0.6 is 0 Å². The van der Waals surface area contributed by atoms with E-state index >= 15 is 0 Å². The van der Waals surface area contributed by atoms with Crippen LogP contribution in [0.1, 0.15) is 95.7 Å². The number of hydrogen-bond donors (Lipinski definition) is 1. The molecule has 0 unspecified atom stereocenters. The monoisotopic (exact) mass is 586 g/mol. The molecule has 44 heavy (non-hydrogen) atoms. The van der Waals surface area contributed by atoms with Crippen molar-refractivity contribution in [2.24, 2.45) is 4.99 Å². The third-order valence-corrected chi connectivity index (χ3v) is 8.18. The van der Waals surface area contributed by atoms with Crippen LogP contribution in [0.5, 0.6) is 5.75 Å². The van der Waals surface area contributed by atoms with Gasteiger partial charge in [-0.15, -0.1) is 0 Å². The Balaban J connectivity index is 1.66. The maximum Gasteiger partial charge on any atom is 0.229 e. The first-order valence-electron chi connectivity index (χ1n) is 15.5. The largest absolute Gasteiger partial charge is 0.507 e. The van der Waals surface area contributed by atoms with Gasteiger partial charge in [0.1, 0.15) is 11.3 Å². The Morgan fingerprint density at radius 1 is 0.705 bits per heavy atom. The van der Waals surface area contributed by atoms with E-state index in [1.165, 1.54) is 16.7 Å². The minimum absolute atomic E-state index is 0.0630. The Labute approximate surface area is 262 Å². The van der Waals surface area contributed by atoms with Crippen LogP contribution in [0.3, 0.4) is 0 Å². The van der Waals surface area contributed by atoms with Gasteiger partial charge in [-0.2, -0.15) is 0 Å². The number of fused-ring (bicyclic) bond motifs is 1. The molecule has 0 aliphatic heterocycles. The molecule has 0 aliphatic rings. The van der Waals surface area contributed by atoms with E-state index < -0.39 is 0 Å². The topological polar surface area (TPSA) is 58.6 Å². The van der Waals surface area contributed by atoms with Gasteiger partial charge in [-0.25, -0.2) is 4.98 Å². The van der Waals surface area contributed by atoms with E-state index in [0.29, 0.717) is 11.5 Å². The zero-order chi connectivity index (χ0) is 32.2. The molecule has 4 heteroatoms. The van der Waals surface area contributed by atoms with E-state index in [1.807, 2.05) is 30.3 Å². The van der Waals surface area contributed by atoms with Crippen LogP contribution in [0.4, 0.5) is 5.69 Å². The molecule has 0 spiro atoms.